The summed E-state index contributed by atoms with van der Waals surface area (Å²) < 4.78 is 0. The molecule has 0 radical (unpaired) electrons. The Kier molecular flexibility index (Phi) is 6.49. The van der Waals surface area contributed by atoms with Crippen molar-refractivity contribution in [3.05, 3.63) is 35.9 Å². The molecule has 4 fully saturated rings. The highest BCUT2D eigenvalue weighted by atomic mass is 16.2. The monoisotopic (exact) mass is 426 g/mol. The second-order valence-corrected chi connectivity index (χ2v) is 9.85. The maximum Gasteiger partial charge on any atom is 0.315 e. The van der Waals surface area contributed by atoms with Crippen LogP contribution in [0.2, 0.25) is 0 Å². The van der Waals surface area contributed by atoms with Gasteiger partial charge in [-0.15, -0.1) is 0 Å². The molecule has 1 aromatic rings. The van der Waals surface area contributed by atoms with Crippen molar-refractivity contribution in [1.82, 2.24) is 15.5 Å². The van der Waals surface area contributed by atoms with Crippen LogP contribution in [0.25, 0.3) is 0 Å². The van der Waals surface area contributed by atoms with E-state index < -0.39 is 5.91 Å². The van der Waals surface area contributed by atoms with Crippen LogP contribution in [-0.4, -0.2) is 41.4 Å². The number of hydrogen-bond acceptors (Lipinski definition) is 3. The quantitative estimate of drug-likeness (QED) is 0.565. The number of carbonyl (C=O) groups is 3. The van der Waals surface area contributed by atoms with E-state index in [4.69, 9.17) is 5.73 Å². The van der Waals surface area contributed by atoms with Gasteiger partial charge in [-0.1, -0.05) is 30.3 Å². The Hall–Kier alpha value is -2.57. The van der Waals surface area contributed by atoms with Gasteiger partial charge in [0.2, 0.25) is 11.8 Å². The first-order chi connectivity index (χ1) is 14.9. The highest BCUT2D eigenvalue weighted by Gasteiger charge is 2.51. The first-order valence-electron chi connectivity index (χ1n) is 11.6. The third kappa shape index (κ3) is 5.57. The molecule has 4 bridgehead atoms. The van der Waals surface area contributed by atoms with Crippen molar-refractivity contribution in [3.8, 4) is 0 Å². The van der Waals surface area contributed by atoms with E-state index >= 15 is 0 Å². The van der Waals surface area contributed by atoms with Gasteiger partial charge in [0.1, 0.15) is 0 Å². The van der Waals surface area contributed by atoms with Crippen molar-refractivity contribution in [3.63, 3.8) is 0 Å². The van der Waals surface area contributed by atoms with Crippen LogP contribution in [0.15, 0.2) is 30.3 Å². The number of nitrogens with two attached hydrogens (primary N) is 1. The number of nitrogens with one attached hydrogen (secondary N) is 2. The van der Waals surface area contributed by atoms with E-state index in [1.165, 1.54) is 19.3 Å². The summed E-state index contributed by atoms with van der Waals surface area (Å²) in [4.78, 5) is 38.2. The summed E-state index contributed by atoms with van der Waals surface area (Å²) in [6.07, 6.45) is 7.62. The molecular formula is C24H34N4O3. The van der Waals surface area contributed by atoms with Crippen LogP contribution in [0.5, 0.6) is 0 Å². The molecule has 7 heteroatoms. The van der Waals surface area contributed by atoms with E-state index in [0.717, 1.165) is 42.6 Å². The zero-order valence-electron chi connectivity index (χ0n) is 18.1. The minimum Gasteiger partial charge on any atom is -0.370 e. The van der Waals surface area contributed by atoms with E-state index in [2.05, 4.69) is 10.6 Å². The molecule has 0 aliphatic heterocycles. The van der Waals surface area contributed by atoms with Gasteiger partial charge in [0.25, 0.3) is 0 Å². The molecule has 4 N–H and O–H groups in total. The fraction of sp³-hybridized carbons (Fsp3) is 0.625. The number of amides is 4. The predicted molar refractivity (Wildman–Crippen MR) is 118 cm³/mol. The van der Waals surface area contributed by atoms with Crippen molar-refractivity contribution < 1.29 is 14.4 Å². The summed E-state index contributed by atoms with van der Waals surface area (Å²) in [6.45, 7) is 0.980. The molecule has 168 valence electrons. The maximum absolute atomic E-state index is 12.8. The molecule has 1 aromatic carbocycles. The summed E-state index contributed by atoms with van der Waals surface area (Å²) in [5.41, 5.74) is 6.23. The Morgan fingerprint density at radius 3 is 2.16 bits per heavy atom. The fourth-order valence-corrected chi connectivity index (χ4v) is 6.33. The summed E-state index contributed by atoms with van der Waals surface area (Å²) in [5.74, 6) is 1.78. The summed E-state index contributed by atoms with van der Waals surface area (Å²) in [6, 6.07) is 9.49. The highest BCUT2D eigenvalue weighted by molar-refractivity contribution is 5.79. The molecule has 7 nitrogen and oxygen atoms in total. The number of hydrogen-bond donors (Lipinski definition) is 3. The lowest BCUT2D eigenvalue weighted by Gasteiger charge is -2.56. The first kappa shape index (κ1) is 21.7. The number of primary amides is 1. The molecule has 4 amide bonds. The topological polar surface area (TPSA) is 105 Å². The first-order valence-corrected chi connectivity index (χ1v) is 11.6. The van der Waals surface area contributed by atoms with Crippen LogP contribution in [0.4, 0.5) is 4.79 Å². The lowest BCUT2D eigenvalue weighted by atomic mass is 9.53. The maximum atomic E-state index is 12.8. The van der Waals surface area contributed by atoms with Crippen molar-refractivity contribution in [2.24, 2.45) is 23.5 Å². The molecule has 5 rings (SSSR count). The van der Waals surface area contributed by atoms with Crippen molar-refractivity contribution >= 4 is 17.8 Å². The van der Waals surface area contributed by atoms with Gasteiger partial charge in [-0.25, -0.2) is 4.79 Å². The smallest absolute Gasteiger partial charge is 0.315 e. The molecular weight excluding hydrogens is 392 g/mol. The second kappa shape index (κ2) is 9.28. The predicted octanol–water partition coefficient (Wildman–Crippen LogP) is 2.55. The van der Waals surface area contributed by atoms with Crippen molar-refractivity contribution in [1.29, 1.82) is 0 Å². The van der Waals surface area contributed by atoms with Crippen LogP contribution in [0, 0.1) is 17.8 Å². The lowest BCUT2D eigenvalue weighted by Crippen LogP contribution is -2.61. The van der Waals surface area contributed by atoms with Crippen LogP contribution < -0.4 is 16.4 Å². The molecule has 0 aromatic heterocycles. The number of nitrogens with zero attached hydrogens (tertiary/aromatic N) is 1. The van der Waals surface area contributed by atoms with Gasteiger partial charge in [-0.05, 0) is 61.8 Å². The number of carbonyl (C=O) groups excluding carboxylic acids is 3. The molecule has 0 spiro atoms. The zero-order valence-corrected chi connectivity index (χ0v) is 18.1. The van der Waals surface area contributed by atoms with Gasteiger partial charge >= 0.3 is 6.03 Å². The zero-order chi connectivity index (χ0) is 21.8. The van der Waals surface area contributed by atoms with Gasteiger partial charge in [-0.2, -0.15) is 0 Å². The Labute approximate surface area is 184 Å². The molecule has 0 heterocycles. The van der Waals surface area contributed by atoms with Gasteiger partial charge in [0.15, 0.2) is 0 Å². The van der Waals surface area contributed by atoms with Crippen LogP contribution in [-0.2, 0) is 16.1 Å². The summed E-state index contributed by atoms with van der Waals surface area (Å²) in [7, 11) is 0. The number of urea groups is 1. The van der Waals surface area contributed by atoms with Crippen LogP contribution >= 0.6 is 0 Å². The molecule has 0 unspecified atom stereocenters. The van der Waals surface area contributed by atoms with E-state index in [1.807, 2.05) is 30.3 Å². The van der Waals surface area contributed by atoms with E-state index in [-0.39, 0.29) is 43.4 Å². The normalized spacial score (nSPS) is 28.2. The summed E-state index contributed by atoms with van der Waals surface area (Å²) >= 11 is 0. The second-order valence-electron chi connectivity index (χ2n) is 9.85. The third-order valence-electron chi connectivity index (χ3n) is 7.24. The number of benzene rings is 1. The fourth-order valence-electron chi connectivity index (χ4n) is 6.33. The minimum absolute atomic E-state index is 0.0380. The van der Waals surface area contributed by atoms with Crippen molar-refractivity contribution in [2.45, 2.75) is 63.5 Å². The largest absolute Gasteiger partial charge is 0.370 e. The molecule has 4 aliphatic rings. The Morgan fingerprint density at radius 2 is 1.58 bits per heavy atom. The van der Waals surface area contributed by atoms with Gasteiger partial charge in [0, 0.05) is 38.0 Å². The van der Waals surface area contributed by atoms with Gasteiger partial charge < -0.3 is 21.3 Å². The van der Waals surface area contributed by atoms with Gasteiger partial charge in [-0.3, -0.25) is 9.59 Å². The molecule has 0 atom stereocenters. The SMILES string of the molecule is NC(=O)CCN(Cc1ccccc1)C(=O)CCNC(=O)NC12CC3CC(CC(C3)C1)C2. The number of rotatable bonds is 9. The molecule has 0 saturated heterocycles. The van der Waals surface area contributed by atoms with Crippen LogP contribution in [0.1, 0.15) is 56.9 Å². The third-order valence-corrected chi connectivity index (χ3v) is 7.24. The minimum atomic E-state index is -0.432. The van der Waals surface area contributed by atoms with E-state index in [0.29, 0.717) is 6.54 Å². The van der Waals surface area contributed by atoms with E-state index in [1.54, 1.807) is 4.90 Å². The standard InChI is InChI=1S/C24H34N4O3/c25-21(29)7-9-28(16-17-4-2-1-3-5-17)22(30)6-8-26-23(31)27-24-13-18-10-19(14-24)12-20(11-18)15-24/h1-5,18-20H,6-16H2,(H2,25,29)(H2,26,27,31). The van der Waals surface area contributed by atoms with Crippen molar-refractivity contribution in [2.75, 3.05) is 13.1 Å². The Balaban J connectivity index is 1.25. The molecule has 31 heavy (non-hydrogen) atoms. The molecule has 4 aliphatic carbocycles. The average molecular weight is 427 g/mol. The summed E-state index contributed by atoms with van der Waals surface area (Å²) in [5, 5.41) is 6.15. The van der Waals surface area contributed by atoms with E-state index in [9.17, 15) is 14.4 Å². The Morgan fingerprint density at radius 1 is 0.968 bits per heavy atom. The Bertz CT molecular complexity index is 775. The van der Waals surface area contributed by atoms with Crippen LogP contribution in [0.3, 0.4) is 0 Å². The lowest BCUT2D eigenvalue weighted by molar-refractivity contribution is -0.132. The highest BCUT2D eigenvalue weighted by Crippen LogP contribution is 2.55. The van der Waals surface area contributed by atoms with Gasteiger partial charge in [0.05, 0.1) is 0 Å². The average Bonchev–Trinajstić information content (AvgIpc) is 2.70. The molecule has 4 saturated carbocycles.